The summed E-state index contributed by atoms with van der Waals surface area (Å²) in [5, 5.41) is 8.63. The van der Waals surface area contributed by atoms with Gasteiger partial charge in [-0.15, -0.1) is 0 Å². The predicted molar refractivity (Wildman–Crippen MR) is 73.6 cm³/mol. The molecule has 1 N–H and O–H groups in total. The Morgan fingerprint density at radius 2 is 2.35 bits per heavy atom. The molecule has 1 atom stereocenters. The van der Waals surface area contributed by atoms with E-state index in [0.717, 1.165) is 19.6 Å². The molecule has 0 aromatic heterocycles. The molecule has 1 aliphatic rings. The minimum atomic E-state index is -0.302. The SMILES string of the molecule is OCCC#Cc1ccc(COCC2CCOC2)c(F)c1. The lowest BCUT2D eigenvalue weighted by molar-refractivity contribution is 0.0775. The molecule has 1 fully saturated rings. The zero-order valence-corrected chi connectivity index (χ0v) is 11.4. The Balaban J connectivity index is 1.84. The Labute approximate surface area is 118 Å². The van der Waals surface area contributed by atoms with E-state index in [4.69, 9.17) is 14.6 Å². The summed E-state index contributed by atoms with van der Waals surface area (Å²) >= 11 is 0. The lowest BCUT2D eigenvalue weighted by atomic mass is 10.1. The van der Waals surface area contributed by atoms with Crippen molar-refractivity contribution in [2.45, 2.75) is 19.4 Å². The molecule has 1 heterocycles. The second kappa shape index (κ2) is 8.01. The van der Waals surface area contributed by atoms with Gasteiger partial charge < -0.3 is 14.6 Å². The van der Waals surface area contributed by atoms with E-state index in [9.17, 15) is 4.39 Å². The van der Waals surface area contributed by atoms with Crippen LogP contribution in [0.3, 0.4) is 0 Å². The van der Waals surface area contributed by atoms with Crippen LogP contribution in [0.15, 0.2) is 18.2 Å². The molecule has 3 nitrogen and oxygen atoms in total. The molecular weight excluding hydrogens is 259 g/mol. The molecule has 4 heteroatoms. The molecule has 1 aromatic rings. The molecule has 1 aromatic carbocycles. The van der Waals surface area contributed by atoms with Gasteiger partial charge in [0.1, 0.15) is 5.82 Å². The van der Waals surface area contributed by atoms with Crippen LogP contribution in [0, 0.1) is 23.6 Å². The highest BCUT2D eigenvalue weighted by atomic mass is 19.1. The van der Waals surface area contributed by atoms with Gasteiger partial charge in [-0.2, -0.15) is 0 Å². The fourth-order valence-corrected chi connectivity index (χ4v) is 2.01. The van der Waals surface area contributed by atoms with Crippen LogP contribution in [0.2, 0.25) is 0 Å². The van der Waals surface area contributed by atoms with E-state index in [1.807, 2.05) is 0 Å². The average Bonchev–Trinajstić information content (AvgIpc) is 2.95. The summed E-state index contributed by atoms with van der Waals surface area (Å²) in [5.41, 5.74) is 1.15. The largest absolute Gasteiger partial charge is 0.395 e. The van der Waals surface area contributed by atoms with Crippen molar-refractivity contribution in [3.63, 3.8) is 0 Å². The molecular formula is C16H19FO3. The van der Waals surface area contributed by atoms with Crippen LogP contribution in [0.1, 0.15) is 24.0 Å². The Bertz CT molecular complexity index is 484. The van der Waals surface area contributed by atoms with Crippen LogP contribution < -0.4 is 0 Å². The van der Waals surface area contributed by atoms with Gasteiger partial charge in [-0.25, -0.2) is 4.39 Å². The number of aliphatic hydroxyl groups is 1. The lowest BCUT2D eigenvalue weighted by Gasteiger charge is -2.09. The van der Waals surface area contributed by atoms with Crippen molar-refractivity contribution in [3.05, 3.63) is 35.1 Å². The molecule has 2 rings (SSSR count). The van der Waals surface area contributed by atoms with E-state index < -0.39 is 0 Å². The van der Waals surface area contributed by atoms with Crippen molar-refractivity contribution in [1.82, 2.24) is 0 Å². The standard InChI is InChI=1S/C16H19FO3/c17-16-9-13(3-1-2-7-18)4-5-15(16)12-20-11-14-6-8-19-10-14/h4-5,9,14,18H,2,6-8,10-12H2. The molecule has 0 amide bonds. The summed E-state index contributed by atoms with van der Waals surface area (Å²) in [6, 6.07) is 4.87. The first-order valence-corrected chi connectivity index (χ1v) is 6.83. The van der Waals surface area contributed by atoms with E-state index in [-0.39, 0.29) is 19.0 Å². The van der Waals surface area contributed by atoms with Crippen molar-refractivity contribution >= 4 is 0 Å². The van der Waals surface area contributed by atoms with Crippen LogP contribution >= 0.6 is 0 Å². The number of rotatable bonds is 5. The minimum absolute atomic E-state index is 0.0201. The fourth-order valence-electron chi connectivity index (χ4n) is 2.01. The maximum Gasteiger partial charge on any atom is 0.129 e. The number of aliphatic hydroxyl groups excluding tert-OH is 1. The average molecular weight is 278 g/mol. The summed E-state index contributed by atoms with van der Waals surface area (Å²) in [6.45, 7) is 2.43. The zero-order valence-electron chi connectivity index (χ0n) is 11.4. The second-order valence-corrected chi connectivity index (χ2v) is 4.83. The summed E-state index contributed by atoms with van der Waals surface area (Å²) in [6.07, 6.45) is 1.41. The lowest BCUT2D eigenvalue weighted by Crippen LogP contribution is -2.09. The van der Waals surface area contributed by atoms with E-state index in [2.05, 4.69) is 11.8 Å². The van der Waals surface area contributed by atoms with Gasteiger partial charge in [-0.3, -0.25) is 0 Å². The van der Waals surface area contributed by atoms with Gasteiger partial charge in [0, 0.05) is 30.1 Å². The molecule has 0 saturated carbocycles. The maximum atomic E-state index is 13.8. The van der Waals surface area contributed by atoms with Crippen LogP contribution in [0.25, 0.3) is 0 Å². The number of hydrogen-bond donors (Lipinski definition) is 1. The van der Waals surface area contributed by atoms with Gasteiger partial charge in [0.15, 0.2) is 0 Å². The molecule has 20 heavy (non-hydrogen) atoms. The van der Waals surface area contributed by atoms with Crippen molar-refractivity contribution in [2.75, 3.05) is 26.4 Å². The summed E-state index contributed by atoms with van der Waals surface area (Å²) in [4.78, 5) is 0. The van der Waals surface area contributed by atoms with Crippen molar-refractivity contribution < 1.29 is 19.0 Å². The predicted octanol–water partition coefficient (Wildman–Crippen LogP) is 2.11. The van der Waals surface area contributed by atoms with Crippen molar-refractivity contribution in [3.8, 4) is 11.8 Å². The molecule has 108 valence electrons. The first-order valence-electron chi connectivity index (χ1n) is 6.83. The van der Waals surface area contributed by atoms with Gasteiger partial charge in [0.25, 0.3) is 0 Å². The van der Waals surface area contributed by atoms with E-state index in [1.54, 1.807) is 12.1 Å². The molecule has 1 saturated heterocycles. The van der Waals surface area contributed by atoms with Gasteiger partial charge in [0.2, 0.25) is 0 Å². The highest BCUT2D eigenvalue weighted by Gasteiger charge is 2.15. The highest BCUT2D eigenvalue weighted by Crippen LogP contribution is 2.15. The normalized spacial score (nSPS) is 17.8. The number of ether oxygens (including phenoxy) is 2. The van der Waals surface area contributed by atoms with Crippen LogP contribution in [0.5, 0.6) is 0 Å². The fraction of sp³-hybridized carbons (Fsp3) is 0.500. The Morgan fingerprint density at radius 3 is 3.05 bits per heavy atom. The first-order chi connectivity index (χ1) is 9.79. The van der Waals surface area contributed by atoms with Gasteiger partial charge in [0.05, 0.1) is 26.4 Å². The number of benzene rings is 1. The van der Waals surface area contributed by atoms with E-state index >= 15 is 0 Å². The number of hydrogen-bond acceptors (Lipinski definition) is 3. The molecule has 1 aliphatic heterocycles. The molecule has 1 unspecified atom stereocenters. The topological polar surface area (TPSA) is 38.7 Å². The van der Waals surface area contributed by atoms with Crippen LogP contribution in [-0.4, -0.2) is 31.5 Å². The minimum Gasteiger partial charge on any atom is -0.395 e. The highest BCUT2D eigenvalue weighted by molar-refractivity contribution is 5.36. The molecule has 0 spiro atoms. The Hall–Kier alpha value is -1.41. The summed E-state index contributed by atoms with van der Waals surface area (Å²) in [5.74, 6) is 5.70. The van der Waals surface area contributed by atoms with Crippen LogP contribution in [-0.2, 0) is 16.1 Å². The third-order valence-electron chi connectivity index (χ3n) is 3.16. The second-order valence-electron chi connectivity index (χ2n) is 4.83. The first kappa shape index (κ1) is 15.0. The van der Waals surface area contributed by atoms with Gasteiger partial charge in [-0.1, -0.05) is 17.9 Å². The third kappa shape index (κ3) is 4.61. The monoisotopic (exact) mass is 278 g/mol. The third-order valence-corrected chi connectivity index (χ3v) is 3.16. The van der Waals surface area contributed by atoms with Gasteiger partial charge in [-0.05, 0) is 18.6 Å². The smallest absolute Gasteiger partial charge is 0.129 e. The number of halogens is 1. The van der Waals surface area contributed by atoms with Crippen molar-refractivity contribution in [1.29, 1.82) is 0 Å². The maximum absolute atomic E-state index is 13.8. The Kier molecular flexibility index (Phi) is 6.00. The van der Waals surface area contributed by atoms with Crippen molar-refractivity contribution in [2.24, 2.45) is 5.92 Å². The summed E-state index contributed by atoms with van der Waals surface area (Å²) in [7, 11) is 0. The van der Waals surface area contributed by atoms with E-state index in [0.29, 0.717) is 30.1 Å². The van der Waals surface area contributed by atoms with Crippen LogP contribution in [0.4, 0.5) is 4.39 Å². The summed E-state index contributed by atoms with van der Waals surface area (Å²) < 4.78 is 24.6. The quantitative estimate of drug-likeness (QED) is 0.838. The molecule has 0 radical (unpaired) electrons. The Morgan fingerprint density at radius 1 is 1.45 bits per heavy atom. The molecule has 0 bridgehead atoms. The van der Waals surface area contributed by atoms with E-state index in [1.165, 1.54) is 6.07 Å². The van der Waals surface area contributed by atoms with Gasteiger partial charge >= 0.3 is 0 Å². The molecule has 0 aliphatic carbocycles. The zero-order chi connectivity index (χ0) is 14.2.